The molecule has 0 aliphatic carbocycles. The molecule has 1 aliphatic rings. The van der Waals surface area contributed by atoms with Crippen LogP contribution in [0, 0.1) is 0 Å². The highest BCUT2D eigenvalue weighted by atomic mass is 16.5. The summed E-state index contributed by atoms with van der Waals surface area (Å²) in [6.07, 6.45) is 0.695. The highest BCUT2D eigenvalue weighted by Crippen LogP contribution is 2.23. The molecule has 0 spiro atoms. The normalized spacial score (nSPS) is 16.8. The van der Waals surface area contributed by atoms with Crippen LogP contribution in [0.2, 0.25) is 0 Å². The number of carbonyl (C=O) groups is 3. The van der Waals surface area contributed by atoms with Crippen molar-refractivity contribution in [1.29, 1.82) is 0 Å². The Bertz CT molecular complexity index is 573. The maximum Gasteiger partial charge on any atom is 0.329 e. The molecule has 2 N–H and O–H groups in total. The molecule has 1 aliphatic heterocycles. The molecule has 2 amide bonds. The maximum absolute atomic E-state index is 11.8. The third-order valence-corrected chi connectivity index (χ3v) is 3.09. The van der Waals surface area contributed by atoms with Crippen molar-refractivity contribution < 1.29 is 23.9 Å². The average Bonchev–Trinajstić information content (AvgIpc) is 2.94. The largest absolute Gasteiger partial charge is 0.492 e. The molecule has 0 aromatic heterocycles. The Kier molecular flexibility index (Phi) is 5.35. The topological polar surface area (TPSA) is 93.7 Å². The third kappa shape index (κ3) is 4.21. The Labute approximate surface area is 128 Å². The van der Waals surface area contributed by atoms with E-state index in [1.807, 2.05) is 6.92 Å². The second kappa shape index (κ2) is 7.44. The summed E-state index contributed by atoms with van der Waals surface area (Å²) < 4.78 is 10.3. The molecule has 1 atom stereocenters. The summed E-state index contributed by atoms with van der Waals surface area (Å²) in [5.74, 6) is -0.700. The number of hydrogen-bond donors (Lipinski definition) is 2. The van der Waals surface area contributed by atoms with Crippen LogP contribution in [0.4, 0.5) is 5.69 Å². The van der Waals surface area contributed by atoms with E-state index in [1.54, 1.807) is 24.3 Å². The molecule has 7 heteroatoms. The molecule has 1 aromatic rings. The lowest BCUT2D eigenvalue weighted by molar-refractivity contribution is -0.149. The van der Waals surface area contributed by atoms with Crippen molar-refractivity contribution in [1.82, 2.24) is 5.32 Å². The lowest BCUT2D eigenvalue weighted by Crippen LogP contribution is -2.36. The minimum atomic E-state index is -0.656. The van der Waals surface area contributed by atoms with Crippen LogP contribution in [0.1, 0.15) is 19.8 Å². The Morgan fingerprint density at radius 1 is 1.36 bits per heavy atom. The number of ether oxygens (including phenoxy) is 2. The van der Waals surface area contributed by atoms with Crippen LogP contribution < -0.4 is 15.4 Å². The number of benzene rings is 1. The van der Waals surface area contributed by atoms with Gasteiger partial charge in [0, 0.05) is 6.42 Å². The van der Waals surface area contributed by atoms with Gasteiger partial charge in [0.1, 0.15) is 11.8 Å². The van der Waals surface area contributed by atoms with E-state index in [0.29, 0.717) is 30.9 Å². The minimum Gasteiger partial charge on any atom is -0.492 e. The zero-order valence-electron chi connectivity index (χ0n) is 12.3. The standard InChI is InChI=1S/C15H18N2O5/c1-2-21-12-6-4-3-5-10(12)16-14(19)9-22-15(20)11-7-8-13(18)17-11/h3-6,11H,2,7-9H2,1H3,(H,16,19)(H,17,18)/t11-/m1/s1. The van der Waals surface area contributed by atoms with E-state index in [0.717, 1.165) is 0 Å². The van der Waals surface area contributed by atoms with Crippen molar-refractivity contribution in [3.05, 3.63) is 24.3 Å². The molecule has 22 heavy (non-hydrogen) atoms. The van der Waals surface area contributed by atoms with Crippen LogP contribution in [-0.4, -0.2) is 37.0 Å². The van der Waals surface area contributed by atoms with Crippen LogP contribution in [0.25, 0.3) is 0 Å². The average molecular weight is 306 g/mol. The molecule has 7 nitrogen and oxygen atoms in total. The van der Waals surface area contributed by atoms with Crippen molar-refractivity contribution >= 4 is 23.5 Å². The number of nitrogens with one attached hydrogen (secondary N) is 2. The molecule has 2 rings (SSSR count). The zero-order chi connectivity index (χ0) is 15.9. The van der Waals surface area contributed by atoms with Crippen molar-refractivity contribution in [2.75, 3.05) is 18.5 Å². The van der Waals surface area contributed by atoms with Gasteiger partial charge in [-0.3, -0.25) is 9.59 Å². The van der Waals surface area contributed by atoms with E-state index in [-0.39, 0.29) is 5.91 Å². The number of anilines is 1. The zero-order valence-corrected chi connectivity index (χ0v) is 12.3. The molecule has 1 aromatic carbocycles. The third-order valence-electron chi connectivity index (χ3n) is 3.09. The predicted octanol–water partition coefficient (Wildman–Crippen LogP) is 0.846. The Morgan fingerprint density at radius 2 is 2.14 bits per heavy atom. The monoisotopic (exact) mass is 306 g/mol. The number of rotatable bonds is 6. The van der Waals surface area contributed by atoms with E-state index in [9.17, 15) is 14.4 Å². The van der Waals surface area contributed by atoms with Gasteiger partial charge in [-0.25, -0.2) is 4.79 Å². The molecule has 1 fully saturated rings. The number of esters is 1. The fourth-order valence-corrected chi connectivity index (χ4v) is 2.07. The maximum atomic E-state index is 11.8. The molecule has 0 bridgehead atoms. The lowest BCUT2D eigenvalue weighted by atomic mass is 10.2. The molecular weight excluding hydrogens is 288 g/mol. The van der Waals surface area contributed by atoms with E-state index in [2.05, 4.69) is 10.6 Å². The van der Waals surface area contributed by atoms with Crippen LogP contribution in [0.15, 0.2) is 24.3 Å². The molecule has 1 heterocycles. The number of para-hydroxylation sites is 2. The van der Waals surface area contributed by atoms with E-state index >= 15 is 0 Å². The van der Waals surface area contributed by atoms with Crippen molar-refractivity contribution in [3.8, 4) is 5.75 Å². The summed E-state index contributed by atoms with van der Waals surface area (Å²) in [4.78, 5) is 34.5. The number of hydrogen-bond acceptors (Lipinski definition) is 5. The van der Waals surface area contributed by atoms with E-state index < -0.39 is 24.5 Å². The number of amides is 2. The summed E-state index contributed by atoms with van der Waals surface area (Å²) in [7, 11) is 0. The van der Waals surface area contributed by atoms with E-state index in [4.69, 9.17) is 9.47 Å². The van der Waals surface area contributed by atoms with Gasteiger partial charge in [0.2, 0.25) is 5.91 Å². The van der Waals surface area contributed by atoms with Crippen LogP contribution in [-0.2, 0) is 19.1 Å². The van der Waals surface area contributed by atoms with Gasteiger partial charge in [-0.05, 0) is 25.5 Å². The molecule has 1 saturated heterocycles. The van der Waals surface area contributed by atoms with Gasteiger partial charge < -0.3 is 20.1 Å². The fraction of sp³-hybridized carbons (Fsp3) is 0.400. The first-order chi connectivity index (χ1) is 10.6. The highest BCUT2D eigenvalue weighted by Gasteiger charge is 2.28. The summed E-state index contributed by atoms with van der Waals surface area (Å²) >= 11 is 0. The Morgan fingerprint density at radius 3 is 2.82 bits per heavy atom. The van der Waals surface area contributed by atoms with Gasteiger partial charge in [-0.1, -0.05) is 12.1 Å². The quantitative estimate of drug-likeness (QED) is 0.760. The number of carbonyl (C=O) groups excluding carboxylic acids is 3. The van der Waals surface area contributed by atoms with Crippen molar-refractivity contribution in [3.63, 3.8) is 0 Å². The van der Waals surface area contributed by atoms with Gasteiger partial charge in [-0.2, -0.15) is 0 Å². The first-order valence-corrected chi connectivity index (χ1v) is 7.08. The SMILES string of the molecule is CCOc1ccccc1NC(=O)COC(=O)[C@H]1CCC(=O)N1. The van der Waals surface area contributed by atoms with Crippen LogP contribution >= 0.6 is 0 Å². The van der Waals surface area contributed by atoms with Gasteiger partial charge >= 0.3 is 5.97 Å². The second-order valence-corrected chi connectivity index (χ2v) is 4.74. The highest BCUT2D eigenvalue weighted by molar-refractivity contribution is 5.95. The molecule has 118 valence electrons. The van der Waals surface area contributed by atoms with Gasteiger partial charge in [-0.15, -0.1) is 0 Å². The van der Waals surface area contributed by atoms with Gasteiger partial charge in [0.25, 0.3) is 5.91 Å². The van der Waals surface area contributed by atoms with Gasteiger partial charge in [0.05, 0.1) is 12.3 Å². The van der Waals surface area contributed by atoms with Crippen LogP contribution in [0.3, 0.4) is 0 Å². The summed E-state index contributed by atoms with van der Waals surface area (Å²) in [6.45, 7) is 1.91. The lowest BCUT2D eigenvalue weighted by Gasteiger charge is -2.12. The second-order valence-electron chi connectivity index (χ2n) is 4.74. The fourth-order valence-electron chi connectivity index (χ4n) is 2.07. The van der Waals surface area contributed by atoms with Crippen molar-refractivity contribution in [2.24, 2.45) is 0 Å². The smallest absolute Gasteiger partial charge is 0.329 e. The summed E-state index contributed by atoms with van der Waals surface area (Å²) in [5, 5.41) is 5.11. The van der Waals surface area contributed by atoms with E-state index in [1.165, 1.54) is 0 Å². The molecule has 0 radical (unpaired) electrons. The molecule has 0 saturated carbocycles. The Hall–Kier alpha value is -2.57. The molecular formula is C15H18N2O5. The summed E-state index contributed by atoms with van der Waals surface area (Å²) in [5.41, 5.74) is 0.513. The Balaban J connectivity index is 1.83. The first kappa shape index (κ1) is 15.8. The van der Waals surface area contributed by atoms with Crippen molar-refractivity contribution in [2.45, 2.75) is 25.8 Å². The minimum absolute atomic E-state index is 0.183. The summed E-state index contributed by atoms with van der Waals surface area (Å²) in [6, 6.07) is 6.33. The first-order valence-electron chi connectivity index (χ1n) is 7.08. The molecule has 0 unspecified atom stereocenters. The van der Waals surface area contributed by atoms with Gasteiger partial charge in [0.15, 0.2) is 6.61 Å². The predicted molar refractivity (Wildman–Crippen MR) is 78.4 cm³/mol. The van der Waals surface area contributed by atoms with Crippen LogP contribution in [0.5, 0.6) is 5.75 Å².